The lowest BCUT2D eigenvalue weighted by Crippen LogP contribution is -2.44. The first kappa shape index (κ1) is 15.9. The third-order valence-corrected chi connectivity index (χ3v) is 6.24. The van der Waals surface area contributed by atoms with Crippen LogP contribution in [-0.2, 0) is 0 Å². The molecule has 0 spiro atoms. The standard InChI is InChI=1S/C21H28N2O/c1-13(2)18-12-20(24-22-18)21-17(15-7-5-14(3)6-8-15)11-16-9-10-19(21)23(16)4/h5-8,12-13,16-17,19,21H,9-11H2,1-4H3/t16-,17+,19+,21-/m0/s1. The van der Waals surface area contributed by atoms with Gasteiger partial charge in [0.2, 0.25) is 0 Å². The Balaban J connectivity index is 1.74. The second-order valence-corrected chi connectivity index (χ2v) is 8.05. The van der Waals surface area contributed by atoms with Crippen molar-refractivity contribution in [3.8, 4) is 0 Å². The molecule has 2 bridgehead atoms. The first-order valence-electron chi connectivity index (χ1n) is 9.29. The number of nitrogens with zero attached hydrogens (tertiary/aromatic N) is 2. The fourth-order valence-corrected chi connectivity index (χ4v) is 4.74. The van der Waals surface area contributed by atoms with Gasteiger partial charge in [0.25, 0.3) is 0 Å². The predicted molar refractivity (Wildman–Crippen MR) is 96.4 cm³/mol. The number of hydrogen-bond acceptors (Lipinski definition) is 3. The summed E-state index contributed by atoms with van der Waals surface area (Å²) in [6, 6.07) is 12.6. The number of aromatic nitrogens is 1. The molecule has 0 aliphatic carbocycles. The van der Waals surface area contributed by atoms with Crippen LogP contribution in [-0.4, -0.2) is 29.2 Å². The maximum absolute atomic E-state index is 5.86. The van der Waals surface area contributed by atoms with Crippen molar-refractivity contribution in [1.82, 2.24) is 10.1 Å². The van der Waals surface area contributed by atoms with E-state index in [0.29, 0.717) is 29.8 Å². The van der Waals surface area contributed by atoms with E-state index in [2.05, 4.69) is 68.2 Å². The van der Waals surface area contributed by atoms with Crippen LogP contribution in [0.1, 0.15) is 73.4 Å². The molecule has 0 N–H and O–H groups in total. The Morgan fingerprint density at radius 1 is 1.17 bits per heavy atom. The van der Waals surface area contributed by atoms with Gasteiger partial charge < -0.3 is 4.52 Å². The second-order valence-electron chi connectivity index (χ2n) is 8.05. The molecule has 3 heterocycles. The Hall–Kier alpha value is -1.61. The van der Waals surface area contributed by atoms with Crippen LogP contribution in [0.4, 0.5) is 0 Å². The minimum absolute atomic E-state index is 0.413. The van der Waals surface area contributed by atoms with Gasteiger partial charge in [0.15, 0.2) is 0 Å². The summed E-state index contributed by atoms with van der Waals surface area (Å²) in [5.74, 6) is 2.45. The average molecular weight is 324 g/mol. The first-order chi connectivity index (χ1) is 11.5. The minimum atomic E-state index is 0.413. The number of piperidine rings is 1. The van der Waals surface area contributed by atoms with Crippen molar-refractivity contribution in [3.63, 3.8) is 0 Å². The molecular formula is C21H28N2O. The lowest BCUT2D eigenvalue weighted by Gasteiger charge is -2.42. The molecule has 4 rings (SSSR count). The zero-order chi connectivity index (χ0) is 16.8. The van der Waals surface area contributed by atoms with E-state index in [1.54, 1.807) is 0 Å². The average Bonchev–Trinajstić information content (AvgIpc) is 3.12. The maximum Gasteiger partial charge on any atom is 0.142 e. The third kappa shape index (κ3) is 2.59. The Labute approximate surface area is 145 Å². The zero-order valence-electron chi connectivity index (χ0n) is 15.2. The molecule has 0 saturated carbocycles. The van der Waals surface area contributed by atoms with Crippen molar-refractivity contribution in [1.29, 1.82) is 0 Å². The zero-order valence-corrected chi connectivity index (χ0v) is 15.2. The first-order valence-corrected chi connectivity index (χ1v) is 9.29. The van der Waals surface area contributed by atoms with Gasteiger partial charge in [0.05, 0.1) is 5.69 Å². The van der Waals surface area contributed by atoms with E-state index in [0.717, 1.165) is 11.5 Å². The molecule has 128 valence electrons. The highest BCUT2D eigenvalue weighted by Crippen LogP contribution is 2.51. The fraction of sp³-hybridized carbons (Fsp3) is 0.571. The number of fused-ring (bicyclic) bond motifs is 2. The van der Waals surface area contributed by atoms with Crippen molar-refractivity contribution in [2.24, 2.45) is 0 Å². The molecule has 24 heavy (non-hydrogen) atoms. The van der Waals surface area contributed by atoms with Gasteiger partial charge in [0, 0.05) is 24.1 Å². The summed E-state index contributed by atoms with van der Waals surface area (Å²) >= 11 is 0. The molecule has 0 amide bonds. The van der Waals surface area contributed by atoms with E-state index < -0.39 is 0 Å². The Bertz CT molecular complexity index is 703. The smallest absolute Gasteiger partial charge is 0.142 e. The van der Waals surface area contributed by atoms with Gasteiger partial charge in [-0.25, -0.2) is 0 Å². The van der Waals surface area contributed by atoms with Crippen molar-refractivity contribution in [2.75, 3.05) is 7.05 Å². The highest BCUT2D eigenvalue weighted by molar-refractivity contribution is 5.31. The summed E-state index contributed by atoms with van der Waals surface area (Å²) in [4.78, 5) is 2.59. The van der Waals surface area contributed by atoms with Gasteiger partial charge in [0.1, 0.15) is 5.76 Å². The summed E-state index contributed by atoms with van der Waals surface area (Å²) in [6.45, 7) is 6.51. The quantitative estimate of drug-likeness (QED) is 0.809. The van der Waals surface area contributed by atoms with Crippen molar-refractivity contribution >= 4 is 0 Å². The molecular weight excluding hydrogens is 296 g/mol. The predicted octanol–water partition coefficient (Wildman–Crippen LogP) is 4.84. The Morgan fingerprint density at radius 3 is 2.58 bits per heavy atom. The van der Waals surface area contributed by atoms with Crippen LogP contribution in [0.3, 0.4) is 0 Å². The highest BCUT2D eigenvalue weighted by Gasteiger charge is 2.48. The Morgan fingerprint density at radius 2 is 1.92 bits per heavy atom. The summed E-state index contributed by atoms with van der Waals surface area (Å²) in [5, 5.41) is 4.35. The van der Waals surface area contributed by atoms with Crippen LogP contribution in [0.15, 0.2) is 34.9 Å². The molecule has 3 nitrogen and oxygen atoms in total. The number of rotatable bonds is 3. The second kappa shape index (κ2) is 6.03. The third-order valence-electron chi connectivity index (χ3n) is 6.24. The van der Waals surface area contributed by atoms with E-state index in [9.17, 15) is 0 Å². The van der Waals surface area contributed by atoms with Crippen molar-refractivity contribution in [2.45, 2.75) is 69.9 Å². The number of benzene rings is 1. The Kier molecular flexibility index (Phi) is 4.00. The largest absolute Gasteiger partial charge is 0.361 e. The lowest BCUT2D eigenvalue weighted by atomic mass is 9.74. The van der Waals surface area contributed by atoms with Crippen molar-refractivity contribution < 1.29 is 4.52 Å². The number of aryl methyl sites for hydroxylation is 1. The molecule has 1 aromatic carbocycles. The molecule has 2 fully saturated rings. The maximum atomic E-state index is 5.86. The summed E-state index contributed by atoms with van der Waals surface area (Å²) in [6.07, 6.45) is 3.80. The van der Waals surface area contributed by atoms with Crippen LogP contribution in [0.5, 0.6) is 0 Å². The van der Waals surface area contributed by atoms with E-state index in [4.69, 9.17) is 4.52 Å². The number of hydrogen-bond donors (Lipinski definition) is 0. The minimum Gasteiger partial charge on any atom is -0.361 e. The van der Waals surface area contributed by atoms with E-state index in [-0.39, 0.29) is 0 Å². The summed E-state index contributed by atoms with van der Waals surface area (Å²) in [5.41, 5.74) is 3.86. The van der Waals surface area contributed by atoms with Gasteiger partial charge >= 0.3 is 0 Å². The lowest BCUT2D eigenvalue weighted by molar-refractivity contribution is 0.122. The van der Waals surface area contributed by atoms with E-state index in [1.165, 1.54) is 30.4 Å². The van der Waals surface area contributed by atoms with Gasteiger partial charge in [-0.3, -0.25) is 4.90 Å². The SMILES string of the molecule is Cc1ccc([C@H]2C[C@@H]3CC[C@H]([C@H]2c2cc(C(C)C)no2)N3C)cc1. The normalized spacial score (nSPS) is 30.2. The van der Waals surface area contributed by atoms with Crippen LogP contribution in [0.2, 0.25) is 0 Å². The number of likely N-dealkylation sites (N-methyl/N-ethyl adjacent to an activating group) is 1. The highest BCUT2D eigenvalue weighted by atomic mass is 16.5. The molecule has 0 unspecified atom stereocenters. The van der Waals surface area contributed by atoms with Gasteiger partial charge in [-0.15, -0.1) is 0 Å². The molecule has 4 atom stereocenters. The van der Waals surface area contributed by atoms with E-state index in [1.807, 2.05) is 0 Å². The van der Waals surface area contributed by atoms with Gasteiger partial charge in [-0.2, -0.15) is 0 Å². The molecule has 1 aromatic heterocycles. The van der Waals surface area contributed by atoms with Crippen LogP contribution >= 0.6 is 0 Å². The molecule has 3 heteroatoms. The molecule has 2 aromatic rings. The van der Waals surface area contributed by atoms with Crippen molar-refractivity contribution in [3.05, 3.63) is 52.9 Å². The van der Waals surface area contributed by atoms with Gasteiger partial charge in [-0.05, 0) is 50.6 Å². The van der Waals surface area contributed by atoms with E-state index >= 15 is 0 Å². The molecule has 2 saturated heterocycles. The van der Waals surface area contributed by atoms with Crippen LogP contribution in [0.25, 0.3) is 0 Å². The monoisotopic (exact) mass is 324 g/mol. The summed E-state index contributed by atoms with van der Waals surface area (Å²) in [7, 11) is 2.29. The molecule has 0 radical (unpaired) electrons. The molecule has 2 aliphatic heterocycles. The molecule has 2 aliphatic rings. The fourth-order valence-electron chi connectivity index (χ4n) is 4.74. The van der Waals surface area contributed by atoms with Crippen LogP contribution in [0, 0.1) is 6.92 Å². The summed E-state index contributed by atoms with van der Waals surface area (Å²) < 4.78 is 5.86. The van der Waals surface area contributed by atoms with Gasteiger partial charge in [-0.1, -0.05) is 48.8 Å². The topological polar surface area (TPSA) is 29.3 Å². The van der Waals surface area contributed by atoms with Crippen LogP contribution < -0.4 is 0 Å².